The second-order valence-electron chi connectivity index (χ2n) is 4.90. The van der Waals surface area contributed by atoms with Crippen molar-refractivity contribution in [1.82, 2.24) is 5.32 Å². The summed E-state index contributed by atoms with van der Waals surface area (Å²) in [5, 5.41) is 22.2. The van der Waals surface area contributed by atoms with Gasteiger partial charge in [0.1, 0.15) is 5.75 Å². The predicted octanol–water partition coefficient (Wildman–Crippen LogP) is 1.16. The minimum Gasteiger partial charge on any atom is -0.508 e. The van der Waals surface area contributed by atoms with Gasteiger partial charge in [-0.25, -0.2) is 0 Å². The highest BCUT2D eigenvalue weighted by Crippen LogP contribution is 2.36. The number of hydrogen-bond acceptors (Lipinski definition) is 4. The van der Waals surface area contributed by atoms with Crippen molar-refractivity contribution in [3.63, 3.8) is 0 Å². The Labute approximate surface area is 104 Å². The van der Waals surface area contributed by atoms with E-state index in [0.29, 0.717) is 26.2 Å². The number of aliphatic carboxylic acids is 1. The van der Waals surface area contributed by atoms with E-state index in [1.165, 1.54) is 0 Å². The van der Waals surface area contributed by atoms with Crippen molar-refractivity contribution in [2.45, 2.75) is 25.7 Å². The van der Waals surface area contributed by atoms with Crippen LogP contribution in [-0.2, 0) is 22.7 Å². The molecule has 1 fully saturated rings. The largest absolute Gasteiger partial charge is 0.508 e. The van der Waals surface area contributed by atoms with Crippen molar-refractivity contribution >= 4 is 5.97 Å². The molecule has 0 aromatic heterocycles. The van der Waals surface area contributed by atoms with Gasteiger partial charge in [0.25, 0.3) is 0 Å². The molecule has 0 spiro atoms. The monoisotopic (exact) mass is 249 g/mol. The van der Waals surface area contributed by atoms with E-state index in [2.05, 4.69) is 5.32 Å². The van der Waals surface area contributed by atoms with E-state index < -0.39 is 5.97 Å². The van der Waals surface area contributed by atoms with Crippen LogP contribution in [-0.4, -0.2) is 22.7 Å². The van der Waals surface area contributed by atoms with Crippen LogP contribution in [0.25, 0.3) is 0 Å². The lowest BCUT2D eigenvalue weighted by molar-refractivity contribution is -0.141. The van der Waals surface area contributed by atoms with E-state index >= 15 is 0 Å². The van der Waals surface area contributed by atoms with Gasteiger partial charge in [0.2, 0.25) is 0 Å². The maximum atomic E-state index is 10.9. The molecule has 96 valence electrons. The molecular weight excluding hydrogens is 234 g/mol. The van der Waals surface area contributed by atoms with Gasteiger partial charge >= 0.3 is 5.97 Å². The summed E-state index contributed by atoms with van der Waals surface area (Å²) in [7, 11) is 0. The lowest BCUT2D eigenvalue weighted by atomic mass is 9.96. The number of phenolic OH excluding ortho intramolecular Hbond substituents is 1. The quantitative estimate of drug-likeness (QED) is 0.733. The number of aromatic hydroxyl groups is 1. The van der Waals surface area contributed by atoms with Crippen LogP contribution in [0.15, 0.2) is 12.1 Å². The van der Waals surface area contributed by atoms with E-state index in [0.717, 1.165) is 16.7 Å². The third kappa shape index (κ3) is 1.85. The van der Waals surface area contributed by atoms with Crippen LogP contribution in [0.4, 0.5) is 0 Å². The van der Waals surface area contributed by atoms with Crippen LogP contribution in [0.3, 0.4) is 0 Å². The van der Waals surface area contributed by atoms with E-state index in [1.807, 2.05) is 6.07 Å². The Morgan fingerprint density at radius 1 is 1.33 bits per heavy atom. The number of carboxylic acids is 1. The van der Waals surface area contributed by atoms with Crippen molar-refractivity contribution < 1.29 is 19.7 Å². The molecular formula is C13H15NO4. The highest BCUT2D eigenvalue weighted by molar-refractivity contribution is 5.71. The Balaban J connectivity index is 1.87. The van der Waals surface area contributed by atoms with Gasteiger partial charge in [-0.15, -0.1) is 0 Å². The summed E-state index contributed by atoms with van der Waals surface area (Å²) in [5.41, 5.74) is 2.88. The molecule has 1 aromatic carbocycles. The smallest absolute Gasteiger partial charge is 0.307 e. The molecule has 0 saturated carbocycles. The molecule has 2 aliphatic rings. The molecule has 5 nitrogen and oxygen atoms in total. The van der Waals surface area contributed by atoms with Crippen molar-refractivity contribution in [2.24, 2.45) is 5.92 Å². The number of fused-ring (bicyclic) bond motifs is 1. The Bertz CT molecular complexity index is 500. The number of nitrogens with one attached hydrogen (secondary N) is 1. The fourth-order valence-electron chi connectivity index (χ4n) is 2.67. The maximum absolute atomic E-state index is 10.9. The zero-order valence-electron chi connectivity index (χ0n) is 9.85. The average molecular weight is 249 g/mol. The van der Waals surface area contributed by atoms with E-state index in [4.69, 9.17) is 9.84 Å². The zero-order valence-corrected chi connectivity index (χ0v) is 9.85. The van der Waals surface area contributed by atoms with Crippen molar-refractivity contribution in [1.29, 1.82) is 0 Å². The van der Waals surface area contributed by atoms with Crippen LogP contribution < -0.4 is 5.32 Å². The SMILES string of the molecule is O=C(O)C1CNC(c2cc3c(cc2O)COC3)C1. The van der Waals surface area contributed by atoms with Gasteiger partial charge in [0.15, 0.2) is 0 Å². The Kier molecular flexibility index (Phi) is 2.72. The minimum absolute atomic E-state index is 0.0861. The van der Waals surface area contributed by atoms with Gasteiger partial charge in [0.05, 0.1) is 19.1 Å². The van der Waals surface area contributed by atoms with Crippen molar-refractivity contribution in [3.8, 4) is 5.75 Å². The van der Waals surface area contributed by atoms with Gasteiger partial charge in [-0.05, 0) is 29.7 Å². The van der Waals surface area contributed by atoms with E-state index in [1.54, 1.807) is 6.07 Å². The molecule has 0 radical (unpaired) electrons. The van der Waals surface area contributed by atoms with Crippen molar-refractivity contribution in [2.75, 3.05) is 6.54 Å². The average Bonchev–Trinajstić information content (AvgIpc) is 2.94. The predicted molar refractivity (Wildman–Crippen MR) is 63.1 cm³/mol. The topological polar surface area (TPSA) is 78.8 Å². The van der Waals surface area contributed by atoms with Crippen LogP contribution in [0.1, 0.15) is 29.2 Å². The number of phenols is 1. The molecule has 5 heteroatoms. The van der Waals surface area contributed by atoms with Crippen LogP contribution in [0.5, 0.6) is 5.75 Å². The summed E-state index contributed by atoms with van der Waals surface area (Å²) < 4.78 is 5.32. The van der Waals surface area contributed by atoms with E-state index in [9.17, 15) is 9.90 Å². The number of rotatable bonds is 2. The van der Waals surface area contributed by atoms with Crippen LogP contribution >= 0.6 is 0 Å². The highest BCUT2D eigenvalue weighted by Gasteiger charge is 2.32. The van der Waals surface area contributed by atoms with Gasteiger partial charge in [-0.1, -0.05) is 0 Å². The van der Waals surface area contributed by atoms with Gasteiger partial charge in [0, 0.05) is 18.2 Å². The first-order chi connectivity index (χ1) is 8.65. The summed E-state index contributed by atoms with van der Waals surface area (Å²) in [5.74, 6) is -0.935. The Morgan fingerprint density at radius 3 is 2.72 bits per heavy atom. The highest BCUT2D eigenvalue weighted by atomic mass is 16.5. The van der Waals surface area contributed by atoms with Gasteiger partial charge in [-0.3, -0.25) is 4.79 Å². The van der Waals surface area contributed by atoms with Crippen LogP contribution in [0.2, 0.25) is 0 Å². The van der Waals surface area contributed by atoms with Crippen molar-refractivity contribution in [3.05, 3.63) is 28.8 Å². The Hall–Kier alpha value is -1.59. The fourth-order valence-corrected chi connectivity index (χ4v) is 2.67. The molecule has 1 saturated heterocycles. The minimum atomic E-state index is -0.783. The summed E-state index contributed by atoms with van der Waals surface area (Å²) in [6, 6.07) is 3.57. The normalized spacial score (nSPS) is 26.2. The molecule has 3 N–H and O–H groups in total. The molecule has 2 heterocycles. The third-order valence-electron chi connectivity index (χ3n) is 3.72. The maximum Gasteiger partial charge on any atom is 0.307 e. The molecule has 0 aliphatic carbocycles. The van der Waals surface area contributed by atoms with Gasteiger partial charge in [-0.2, -0.15) is 0 Å². The second-order valence-corrected chi connectivity index (χ2v) is 4.90. The number of carboxylic acid groups (broad SMARTS) is 1. The molecule has 3 rings (SSSR count). The lowest BCUT2D eigenvalue weighted by Crippen LogP contribution is -2.17. The second kappa shape index (κ2) is 4.26. The number of carbonyl (C=O) groups is 1. The first kappa shape index (κ1) is 11.5. The molecule has 2 unspecified atom stereocenters. The third-order valence-corrected chi connectivity index (χ3v) is 3.72. The summed E-state index contributed by atoms with van der Waals surface area (Å²) >= 11 is 0. The summed E-state index contributed by atoms with van der Waals surface area (Å²) in [6.07, 6.45) is 0.516. The fraction of sp³-hybridized carbons (Fsp3) is 0.462. The lowest BCUT2D eigenvalue weighted by Gasteiger charge is -2.14. The molecule has 2 atom stereocenters. The number of ether oxygens (including phenoxy) is 1. The molecule has 2 aliphatic heterocycles. The standard InChI is InChI=1S/C13H15NO4/c15-12-3-9-6-18-5-8(9)1-10(12)11-2-7(4-14-11)13(16)17/h1,3,7,11,14-15H,2,4-6H2,(H,16,17). The molecule has 1 aromatic rings. The molecule has 18 heavy (non-hydrogen) atoms. The molecule has 0 amide bonds. The molecule has 0 bridgehead atoms. The van der Waals surface area contributed by atoms with E-state index in [-0.39, 0.29) is 17.7 Å². The Morgan fingerprint density at radius 2 is 2.06 bits per heavy atom. The summed E-state index contributed by atoms with van der Waals surface area (Å²) in [6.45, 7) is 1.56. The first-order valence-electron chi connectivity index (χ1n) is 6.03. The summed E-state index contributed by atoms with van der Waals surface area (Å²) in [4.78, 5) is 10.9. The number of benzene rings is 1. The van der Waals surface area contributed by atoms with Crippen LogP contribution in [0, 0.1) is 5.92 Å². The number of hydrogen-bond donors (Lipinski definition) is 3. The van der Waals surface area contributed by atoms with Gasteiger partial charge < -0.3 is 20.3 Å². The zero-order chi connectivity index (χ0) is 12.7. The first-order valence-corrected chi connectivity index (χ1v) is 6.03.